The summed E-state index contributed by atoms with van der Waals surface area (Å²) in [6.45, 7) is 1.97. The molecule has 4 aromatic rings. The first-order valence-electron chi connectivity index (χ1n) is 14.3. The van der Waals surface area contributed by atoms with E-state index in [2.05, 4.69) is 6.07 Å². The Bertz CT molecular complexity index is 1640. The van der Waals surface area contributed by atoms with Gasteiger partial charge in [-0.15, -0.1) is 0 Å². The van der Waals surface area contributed by atoms with Crippen molar-refractivity contribution in [2.45, 2.75) is 56.4 Å². The summed E-state index contributed by atoms with van der Waals surface area (Å²) in [5.41, 5.74) is 3.37. The van der Waals surface area contributed by atoms with Crippen molar-refractivity contribution in [3.05, 3.63) is 148 Å². The van der Waals surface area contributed by atoms with Crippen LogP contribution in [0, 0.1) is 0 Å². The number of hydrogen-bond donors (Lipinski definition) is 1. The number of aliphatic hydroxyl groups excluding tert-OH is 1. The highest BCUT2D eigenvalue weighted by molar-refractivity contribution is 5.92. The molecule has 0 amide bonds. The Hall–Kier alpha value is -4.52. The van der Waals surface area contributed by atoms with Crippen LogP contribution in [0.25, 0.3) is 0 Å². The summed E-state index contributed by atoms with van der Waals surface area (Å²) < 4.78 is 50.4. The summed E-state index contributed by atoms with van der Waals surface area (Å²) in [5.74, 6) is -0.0665. The van der Waals surface area contributed by atoms with Crippen LogP contribution in [-0.2, 0) is 34.3 Å². The molecule has 1 N–H and O–H groups in total. The van der Waals surface area contributed by atoms with E-state index in [-0.39, 0.29) is 30.6 Å². The molecule has 6 rings (SSSR count). The topological polar surface area (TPSA) is 55.8 Å². The van der Waals surface area contributed by atoms with Gasteiger partial charge in [0.05, 0.1) is 11.1 Å². The standard InChI is InChI=1S/C36H31F3O4/c1-35(27-8-3-2-4-9-27)21-32(40)33(34(41)43-35)31-20-26(19-25-7-5-6-10-30(25)31)24-13-17-29(18-14-24)42-22-23-11-15-28(16-12-23)36(37,38)39/h2-18,26,31,40H,19-22H2,1H3. The summed E-state index contributed by atoms with van der Waals surface area (Å²) in [5, 5.41) is 11.3. The number of hydrogen-bond acceptors (Lipinski definition) is 4. The number of alkyl halides is 3. The van der Waals surface area contributed by atoms with E-state index in [1.54, 1.807) is 0 Å². The minimum absolute atomic E-state index is 0.0649. The van der Waals surface area contributed by atoms with Crippen molar-refractivity contribution in [2.24, 2.45) is 0 Å². The minimum atomic E-state index is -4.37. The highest BCUT2D eigenvalue weighted by Crippen LogP contribution is 2.48. The first kappa shape index (κ1) is 28.6. The average Bonchev–Trinajstić information content (AvgIpc) is 3.00. The maximum atomic E-state index is 13.5. The lowest BCUT2D eigenvalue weighted by Crippen LogP contribution is -2.37. The molecule has 43 heavy (non-hydrogen) atoms. The lowest BCUT2D eigenvalue weighted by atomic mass is 9.70. The highest BCUT2D eigenvalue weighted by Gasteiger charge is 2.44. The van der Waals surface area contributed by atoms with Crippen LogP contribution in [0.4, 0.5) is 13.2 Å². The van der Waals surface area contributed by atoms with E-state index in [1.165, 1.54) is 12.1 Å². The Morgan fingerprint density at radius 2 is 1.58 bits per heavy atom. The number of carbonyl (C=O) groups excluding carboxylic acids is 1. The Morgan fingerprint density at radius 3 is 2.26 bits per heavy atom. The fourth-order valence-electron chi connectivity index (χ4n) is 6.26. The van der Waals surface area contributed by atoms with Gasteiger partial charge in [0.2, 0.25) is 0 Å². The second-order valence-corrected chi connectivity index (χ2v) is 11.5. The van der Waals surface area contributed by atoms with Crippen molar-refractivity contribution in [3.8, 4) is 5.75 Å². The van der Waals surface area contributed by atoms with Gasteiger partial charge >= 0.3 is 12.1 Å². The Balaban J connectivity index is 1.21. The molecule has 1 heterocycles. The van der Waals surface area contributed by atoms with E-state index in [9.17, 15) is 23.1 Å². The molecule has 0 radical (unpaired) electrons. The largest absolute Gasteiger partial charge is 0.512 e. The van der Waals surface area contributed by atoms with Gasteiger partial charge in [0, 0.05) is 12.3 Å². The third-order valence-corrected chi connectivity index (χ3v) is 8.54. The molecule has 0 bridgehead atoms. The monoisotopic (exact) mass is 584 g/mol. The number of ether oxygens (including phenoxy) is 2. The van der Waals surface area contributed by atoms with E-state index < -0.39 is 23.3 Å². The van der Waals surface area contributed by atoms with Crippen LogP contribution in [-0.4, -0.2) is 11.1 Å². The molecule has 4 aromatic carbocycles. The summed E-state index contributed by atoms with van der Waals surface area (Å²) in [7, 11) is 0. The second kappa shape index (κ2) is 11.3. The number of cyclic esters (lactones) is 1. The summed E-state index contributed by atoms with van der Waals surface area (Å²) in [6, 6.07) is 30.1. The lowest BCUT2D eigenvalue weighted by Gasteiger charge is -2.39. The second-order valence-electron chi connectivity index (χ2n) is 11.5. The fourth-order valence-corrected chi connectivity index (χ4v) is 6.26. The molecule has 0 saturated heterocycles. The molecule has 220 valence electrons. The van der Waals surface area contributed by atoms with Gasteiger partial charge in [-0.2, -0.15) is 13.2 Å². The quantitative estimate of drug-likeness (QED) is 0.230. The van der Waals surface area contributed by atoms with Gasteiger partial charge in [0.1, 0.15) is 23.7 Å². The molecule has 4 nitrogen and oxygen atoms in total. The fraction of sp³-hybridized carbons (Fsp3) is 0.250. The van der Waals surface area contributed by atoms with Crippen LogP contribution in [0.1, 0.15) is 65.0 Å². The molecule has 3 unspecified atom stereocenters. The summed E-state index contributed by atoms with van der Waals surface area (Å²) >= 11 is 0. The highest BCUT2D eigenvalue weighted by atomic mass is 19.4. The Labute approximate surface area is 248 Å². The normalized spacial score (nSPS) is 22.1. The predicted octanol–water partition coefficient (Wildman–Crippen LogP) is 8.77. The van der Waals surface area contributed by atoms with Gasteiger partial charge in [0.25, 0.3) is 0 Å². The van der Waals surface area contributed by atoms with Gasteiger partial charge in [-0.05, 0) is 77.8 Å². The van der Waals surface area contributed by atoms with E-state index in [0.29, 0.717) is 23.3 Å². The van der Waals surface area contributed by atoms with Gasteiger partial charge in [-0.3, -0.25) is 0 Å². The Morgan fingerprint density at radius 1 is 0.907 bits per heavy atom. The zero-order valence-electron chi connectivity index (χ0n) is 23.6. The van der Waals surface area contributed by atoms with E-state index >= 15 is 0 Å². The number of fused-ring (bicyclic) bond motifs is 1. The number of halogens is 3. The summed E-state index contributed by atoms with van der Waals surface area (Å²) in [4.78, 5) is 13.5. The molecular formula is C36H31F3O4. The van der Waals surface area contributed by atoms with E-state index in [0.717, 1.165) is 40.8 Å². The molecule has 3 atom stereocenters. The van der Waals surface area contributed by atoms with E-state index in [4.69, 9.17) is 9.47 Å². The zero-order chi connectivity index (χ0) is 30.2. The minimum Gasteiger partial charge on any atom is -0.512 e. The smallest absolute Gasteiger partial charge is 0.416 e. The van der Waals surface area contributed by atoms with Crippen LogP contribution in [0.15, 0.2) is 114 Å². The number of carbonyl (C=O) groups is 1. The maximum absolute atomic E-state index is 13.5. The number of benzene rings is 4. The average molecular weight is 585 g/mol. The molecule has 0 fully saturated rings. The van der Waals surface area contributed by atoms with Gasteiger partial charge in [-0.1, -0.05) is 78.9 Å². The summed E-state index contributed by atoms with van der Waals surface area (Å²) in [6.07, 6.45) is -2.77. The molecular weight excluding hydrogens is 553 g/mol. The first-order chi connectivity index (χ1) is 20.6. The first-order valence-corrected chi connectivity index (χ1v) is 14.3. The molecule has 2 aliphatic rings. The number of rotatable bonds is 6. The van der Waals surface area contributed by atoms with Gasteiger partial charge in [-0.25, -0.2) is 4.79 Å². The van der Waals surface area contributed by atoms with Gasteiger partial charge < -0.3 is 14.6 Å². The molecule has 1 aliphatic heterocycles. The third-order valence-electron chi connectivity index (χ3n) is 8.54. The molecule has 1 aliphatic carbocycles. The maximum Gasteiger partial charge on any atom is 0.416 e. The van der Waals surface area contributed by atoms with Crippen LogP contribution in [0.3, 0.4) is 0 Å². The van der Waals surface area contributed by atoms with Crippen molar-refractivity contribution in [1.29, 1.82) is 0 Å². The molecule has 7 heteroatoms. The van der Waals surface area contributed by atoms with Crippen LogP contribution in [0.2, 0.25) is 0 Å². The lowest BCUT2D eigenvalue weighted by molar-refractivity contribution is -0.158. The van der Waals surface area contributed by atoms with Crippen LogP contribution >= 0.6 is 0 Å². The van der Waals surface area contributed by atoms with Crippen molar-refractivity contribution in [1.82, 2.24) is 0 Å². The van der Waals surface area contributed by atoms with Crippen molar-refractivity contribution < 1.29 is 32.5 Å². The van der Waals surface area contributed by atoms with Crippen molar-refractivity contribution in [3.63, 3.8) is 0 Å². The van der Waals surface area contributed by atoms with Crippen molar-refractivity contribution >= 4 is 5.97 Å². The van der Waals surface area contributed by atoms with Crippen LogP contribution < -0.4 is 4.74 Å². The Kier molecular flexibility index (Phi) is 7.50. The van der Waals surface area contributed by atoms with E-state index in [1.807, 2.05) is 79.7 Å². The van der Waals surface area contributed by atoms with Crippen molar-refractivity contribution in [2.75, 3.05) is 0 Å². The molecule has 0 saturated carbocycles. The van der Waals surface area contributed by atoms with Crippen LogP contribution in [0.5, 0.6) is 5.75 Å². The number of esters is 1. The zero-order valence-corrected chi connectivity index (χ0v) is 23.6. The SMILES string of the molecule is CC1(c2ccccc2)CC(O)=C(C2CC(c3ccc(OCc4ccc(C(F)(F)F)cc4)cc3)Cc3ccccc32)C(=O)O1. The van der Waals surface area contributed by atoms with Gasteiger partial charge in [0.15, 0.2) is 0 Å². The third kappa shape index (κ3) is 5.89. The number of aliphatic hydroxyl groups is 1. The molecule has 0 aromatic heterocycles. The predicted molar refractivity (Wildman–Crippen MR) is 157 cm³/mol. The molecule has 0 spiro atoms.